The molecule has 0 saturated heterocycles. The first-order valence-electron chi connectivity index (χ1n) is 11.7. The van der Waals surface area contributed by atoms with Gasteiger partial charge in [0, 0.05) is 20.0 Å². The number of allylic oxidation sites excluding steroid dienone is 1. The Morgan fingerprint density at radius 1 is 0.833 bits per heavy atom. The van der Waals surface area contributed by atoms with Crippen molar-refractivity contribution in [3.05, 3.63) is 102 Å². The monoisotopic (exact) mass is 488 g/mol. The molecule has 0 aliphatic rings. The Kier molecular flexibility index (Phi) is 10.3. The van der Waals surface area contributed by atoms with Crippen LogP contribution in [0.15, 0.2) is 84.9 Å². The summed E-state index contributed by atoms with van der Waals surface area (Å²) in [5, 5.41) is 19.2. The fourth-order valence-corrected chi connectivity index (χ4v) is 3.78. The number of methoxy groups -OCH3 is 1. The molecule has 0 fully saturated rings. The zero-order chi connectivity index (χ0) is 25.8. The second kappa shape index (κ2) is 13.9. The van der Waals surface area contributed by atoms with Gasteiger partial charge in [0.25, 0.3) is 0 Å². The van der Waals surface area contributed by atoms with Crippen molar-refractivity contribution in [3.63, 3.8) is 0 Å². The van der Waals surface area contributed by atoms with E-state index in [4.69, 9.17) is 14.2 Å². The molecule has 0 aliphatic heterocycles. The van der Waals surface area contributed by atoms with Crippen LogP contribution < -0.4 is 4.74 Å². The lowest BCUT2D eigenvalue weighted by Gasteiger charge is -2.26. The van der Waals surface area contributed by atoms with Gasteiger partial charge in [0.15, 0.2) is 0 Å². The molecule has 0 bridgehead atoms. The summed E-state index contributed by atoms with van der Waals surface area (Å²) in [5.74, 6) is 0.620. The first-order chi connectivity index (χ1) is 17.4. The largest absolute Gasteiger partial charge is 0.508 e. The molecule has 0 unspecified atom stereocenters. The molecule has 36 heavy (non-hydrogen) atoms. The van der Waals surface area contributed by atoms with E-state index in [0.717, 1.165) is 16.7 Å². The smallest absolute Gasteiger partial charge is 0.308 e. The Balaban J connectivity index is 1.69. The van der Waals surface area contributed by atoms with Crippen LogP contribution in [0, 0.1) is 5.92 Å². The van der Waals surface area contributed by atoms with Gasteiger partial charge in [-0.2, -0.15) is 0 Å². The Morgan fingerprint density at radius 2 is 1.39 bits per heavy atom. The number of ether oxygens (including phenoxy) is 3. The molecule has 2 N–H and O–H groups in total. The summed E-state index contributed by atoms with van der Waals surface area (Å²) in [4.78, 5) is 11.1. The van der Waals surface area contributed by atoms with E-state index >= 15 is 0 Å². The van der Waals surface area contributed by atoms with Gasteiger partial charge in [-0.25, -0.2) is 0 Å². The zero-order valence-electron chi connectivity index (χ0n) is 20.5. The van der Waals surface area contributed by atoms with Crippen LogP contribution in [0.4, 0.5) is 0 Å². The second-order valence-electron chi connectivity index (χ2n) is 8.36. The number of aromatic hydroxyl groups is 2. The van der Waals surface area contributed by atoms with Crippen molar-refractivity contribution in [3.8, 4) is 17.2 Å². The topological polar surface area (TPSA) is 85.2 Å². The summed E-state index contributed by atoms with van der Waals surface area (Å²) in [5.41, 5.74) is 2.90. The molecule has 6 nitrogen and oxygen atoms in total. The molecule has 0 amide bonds. The molecule has 3 aromatic rings. The van der Waals surface area contributed by atoms with Crippen molar-refractivity contribution >= 4 is 18.1 Å². The lowest BCUT2D eigenvalue weighted by Crippen LogP contribution is -2.20. The molecule has 0 spiro atoms. The quantitative estimate of drug-likeness (QED) is 0.235. The third kappa shape index (κ3) is 8.73. The summed E-state index contributed by atoms with van der Waals surface area (Å²) in [6.45, 7) is 2.24. The number of carbonyl (C=O) groups excluding carboxylic acids is 1. The lowest BCUT2D eigenvalue weighted by atomic mass is 9.92. The van der Waals surface area contributed by atoms with E-state index in [9.17, 15) is 15.0 Å². The van der Waals surface area contributed by atoms with E-state index in [1.54, 1.807) is 43.5 Å². The van der Waals surface area contributed by atoms with Crippen molar-refractivity contribution in [1.29, 1.82) is 0 Å². The van der Waals surface area contributed by atoms with Crippen LogP contribution in [0.5, 0.6) is 17.2 Å². The minimum absolute atomic E-state index is 0.0318. The van der Waals surface area contributed by atoms with Crippen molar-refractivity contribution in [2.45, 2.75) is 19.4 Å². The highest BCUT2D eigenvalue weighted by molar-refractivity contribution is 5.69. The SMILES string of the molecule is COC[C@H](C/C=C/c1ccc(O)cc1)[C@H](OC/C=C/c1ccc(OC(C)=O)cc1)c1ccc(O)cc1. The van der Waals surface area contributed by atoms with Crippen molar-refractivity contribution in [2.75, 3.05) is 20.3 Å². The first-order valence-corrected chi connectivity index (χ1v) is 11.7. The van der Waals surface area contributed by atoms with E-state index in [0.29, 0.717) is 25.4 Å². The number of carbonyl (C=O) groups is 1. The number of rotatable bonds is 12. The van der Waals surface area contributed by atoms with Crippen molar-refractivity contribution in [2.24, 2.45) is 5.92 Å². The van der Waals surface area contributed by atoms with Crippen LogP contribution in [0.25, 0.3) is 12.2 Å². The van der Waals surface area contributed by atoms with Gasteiger partial charge in [-0.3, -0.25) is 4.79 Å². The molecular weight excluding hydrogens is 456 g/mol. The van der Waals surface area contributed by atoms with Crippen LogP contribution in [-0.4, -0.2) is 36.5 Å². The lowest BCUT2D eigenvalue weighted by molar-refractivity contribution is -0.131. The second-order valence-corrected chi connectivity index (χ2v) is 8.36. The predicted molar refractivity (Wildman–Crippen MR) is 141 cm³/mol. The molecule has 3 aromatic carbocycles. The molecule has 0 aromatic heterocycles. The minimum Gasteiger partial charge on any atom is -0.508 e. The fourth-order valence-electron chi connectivity index (χ4n) is 3.78. The molecule has 0 saturated carbocycles. The molecule has 6 heteroatoms. The maximum absolute atomic E-state index is 11.1. The number of benzene rings is 3. The predicted octanol–water partition coefficient (Wildman–Crippen LogP) is 6.16. The number of hydrogen-bond acceptors (Lipinski definition) is 6. The van der Waals surface area contributed by atoms with E-state index in [2.05, 4.69) is 6.08 Å². The number of esters is 1. The number of hydrogen-bond donors (Lipinski definition) is 2. The molecular formula is C30H32O6. The van der Waals surface area contributed by atoms with Gasteiger partial charge in [0.2, 0.25) is 0 Å². The molecule has 2 atom stereocenters. The van der Waals surface area contributed by atoms with E-state index in [1.165, 1.54) is 6.92 Å². The van der Waals surface area contributed by atoms with E-state index < -0.39 is 0 Å². The normalized spacial score (nSPS) is 13.2. The summed E-state index contributed by atoms with van der Waals surface area (Å²) in [6, 6.07) is 21.3. The highest BCUT2D eigenvalue weighted by Crippen LogP contribution is 2.31. The van der Waals surface area contributed by atoms with E-state index in [-0.39, 0.29) is 29.5 Å². The standard InChI is InChI=1S/C30H32O6/c1-22(31)36-29-18-10-24(11-19-29)6-4-20-35-30(25-12-16-28(33)17-13-25)26(21-34-2)7-3-5-23-8-14-27(32)15-9-23/h3-6,8-19,26,30,32-33H,7,20-21H2,1-2H3/b5-3+,6-4+/t26-,30+/m0/s1. The number of phenolic OH excluding ortho intramolecular Hbond substituents is 2. The van der Waals surface area contributed by atoms with Crippen LogP contribution in [0.3, 0.4) is 0 Å². The van der Waals surface area contributed by atoms with Gasteiger partial charge >= 0.3 is 5.97 Å². The highest BCUT2D eigenvalue weighted by atomic mass is 16.5. The minimum atomic E-state index is -0.351. The van der Waals surface area contributed by atoms with Gasteiger partial charge in [0.05, 0.1) is 19.3 Å². The molecule has 188 valence electrons. The van der Waals surface area contributed by atoms with Gasteiger partial charge in [-0.05, 0) is 59.5 Å². The van der Waals surface area contributed by atoms with E-state index in [1.807, 2.05) is 54.6 Å². The zero-order valence-corrected chi connectivity index (χ0v) is 20.5. The van der Waals surface area contributed by atoms with Gasteiger partial charge in [0.1, 0.15) is 17.2 Å². The highest BCUT2D eigenvalue weighted by Gasteiger charge is 2.23. The van der Waals surface area contributed by atoms with Crippen LogP contribution in [0.2, 0.25) is 0 Å². The Bertz CT molecular complexity index is 1130. The summed E-state index contributed by atoms with van der Waals surface area (Å²) >= 11 is 0. The van der Waals surface area contributed by atoms with Gasteiger partial charge in [-0.15, -0.1) is 0 Å². The first kappa shape index (κ1) is 26.7. The van der Waals surface area contributed by atoms with Gasteiger partial charge in [-0.1, -0.05) is 60.7 Å². The molecule has 0 heterocycles. The average molecular weight is 489 g/mol. The number of phenols is 2. The van der Waals surface area contributed by atoms with Crippen LogP contribution >= 0.6 is 0 Å². The van der Waals surface area contributed by atoms with Gasteiger partial charge < -0.3 is 24.4 Å². The van der Waals surface area contributed by atoms with Crippen molar-refractivity contribution < 1.29 is 29.2 Å². The average Bonchev–Trinajstić information content (AvgIpc) is 2.86. The maximum Gasteiger partial charge on any atom is 0.308 e. The molecule has 0 radical (unpaired) electrons. The summed E-state index contributed by atoms with van der Waals surface area (Å²) < 4.78 is 16.9. The van der Waals surface area contributed by atoms with Crippen molar-refractivity contribution in [1.82, 2.24) is 0 Å². The summed E-state index contributed by atoms with van der Waals surface area (Å²) in [7, 11) is 1.67. The maximum atomic E-state index is 11.1. The Hall–Kier alpha value is -3.87. The Morgan fingerprint density at radius 3 is 1.97 bits per heavy atom. The third-order valence-corrected chi connectivity index (χ3v) is 5.50. The molecule has 0 aliphatic carbocycles. The van der Waals surface area contributed by atoms with Crippen LogP contribution in [0.1, 0.15) is 36.1 Å². The third-order valence-electron chi connectivity index (χ3n) is 5.50. The van der Waals surface area contributed by atoms with Crippen LogP contribution in [-0.2, 0) is 14.3 Å². The Labute approximate surface area is 212 Å². The fraction of sp³-hybridized carbons (Fsp3) is 0.233. The summed E-state index contributed by atoms with van der Waals surface area (Å²) in [6.07, 6.45) is 8.42. The molecule has 3 rings (SSSR count).